The molecule has 0 spiro atoms. The summed E-state index contributed by atoms with van der Waals surface area (Å²) < 4.78 is 17.8. The average Bonchev–Trinajstić information content (AvgIpc) is 1.57. The van der Waals surface area contributed by atoms with Gasteiger partial charge in [0.25, 0.3) is 0 Å². The Balaban J connectivity index is 0.0000000939. The Labute approximate surface area is 822 Å². The summed E-state index contributed by atoms with van der Waals surface area (Å²) in [4.78, 5) is 44.4. The number of nitrogens with zero attached hydrogens (tertiary/aromatic N) is 17. The van der Waals surface area contributed by atoms with Crippen LogP contribution in [0.5, 0.6) is 0 Å². The highest BCUT2D eigenvalue weighted by atomic mass is 15.2. The van der Waals surface area contributed by atoms with Crippen LogP contribution in [0.1, 0.15) is 0 Å². The lowest BCUT2D eigenvalue weighted by Gasteiger charge is -2.13. The molecule has 18 aromatic carbocycles. The summed E-state index contributed by atoms with van der Waals surface area (Å²) in [5.74, 6) is 2.70. The minimum atomic E-state index is 0.662. The molecule has 0 amide bonds. The summed E-state index contributed by atoms with van der Waals surface area (Å²) in [5.41, 5.74) is 25.7. The van der Waals surface area contributed by atoms with Gasteiger partial charge in [0.1, 0.15) is 0 Å². The van der Waals surface area contributed by atoms with Crippen molar-refractivity contribution < 1.29 is 0 Å². The maximum atomic E-state index is 5.34. The van der Waals surface area contributed by atoms with Crippen molar-refractivity contribution in [3.8, 4) is 69.1 Å². The first kappa shape index (κ1) is 82.4. The van der Waals surface area contributed by atoms with Crippen LogP contribution in [0.25, 0.3) is 254 Å². The van der Waals surface area contributed by atoms with E-state index in [4.69, 9.17) is 39.9 Å². The zero-order valence-corrected chi connectivity index (χ0v) is 77.4. The van der Waals surface area contributed by atoms with Crippen LogP contribution in [0.4, 0.5) is 0 Å². The lowest BCUT2D eigenvalue weighted by Crippen LogP contribution is -2.03. The molecule has 674 valence electrons. The molecule has 0 aliphatic rings. The van der Waals surface area contributed by atoms with Crippen LogP contribution in [0.2, 0.25) is 0 Å². The maximum Gasteiger partial charge on any atom is 0.235 e. The fraction of sp³-hybridized carbons (Fsp3) is 0. The first-order valence-corrected chi connectivity index (χ1v) is 48.2. The molecule has 0 saturated heterocycles. The smallest absolute Gasteiger partial charge is 0.235 e. The van der Waals surface area contributed by atoms with E-state index >= 15 is 0 Å². The molecular weight excluding hydrogens is 1760 g/mol. The summed E-state index contributed by atoms with van der Waals surface area (Å²) in [6.07, 6.45) is 15.9. The third-order valence-electron chi connectivity index (χ3n) is 28.0. The number of aromatic nitrogens is 17. The molecule has 0 aliphatic heterocycles. The molecule has 0 fully saturated rings. The normalized spacial score (nSPS) is 11.8. The Kier molecular flexibility index (Phi) is 19.5. The molecule has 0 bridgehead atoms. The molecule has 0 aliphatic carbocycles. The predicted molar refractivity (Wildman–Crippen MR) is 589 cm³/mol. The number of pyridine rings is 1. The second-order valence-corrected chi connectivity index (χ2v) is 36.1. The van der Waals surface area contributed by atoms with E-state index in [-0.39, 0.29) is 0 Å². The molecule has 144 heavy (non-hydrogen) atoms. The molecular formula is C127H81N17. The summed E-state index contributed by atoms with van der Waals surface area (Å²) in [6.45, 7) is 0. The van der Waals surface area contributed by atoms with E-state index in [0.717, 1.165) is 160 Å². The monoisotopic (exact) mass is 1840 g/mol. The fourth-order valence-corrected chi connectivity index (χ4v) is 21.5. The van der Waals surface area contributed by atoms with Crippen molar-refractivity contribution in [3.05, 3.63) is 492 Å². The standard InChI is InChI=1S/C38H24N4.C34H22N4.C28H18N4.C27H17N5/c1-2-12-28(13-3-1)41-23-22-32-34(41)21-20-30-29-14-7-9-17-35(29)42(37(30)32)38-39-33-16-8-6-15-31(33)36(40-38)27-19-18-25-10-4-5-11-26(25)24-27;1-3-11-23(12-4-1)32-27-16-7-9-17-29(27)35-34(36-32)38-31-18-10-8-15-25(31)26-19-20-30-28(33(26)38)21-22-37(30)24-13-5-2-6-14-24;1-2-9-20(10-3-1)31-17-16-23-25(31)15-14-22-21-11-5-7-13-26(21)32(27(22)23)28-29-18-19-8-4-6-12-24(19)30-28;1-2-6-19(7-3-1)31-15-13-22-24(31)11-10-21-20-8-4-5-9-25(20)32(26(21)22)27-29-17-18-16-28-14-12-23(18)30-27/h1-24H;1-22H;1-18H;1-17H. The zero-order chi connectivity index (χ0) is 94.8. The van der Waals surface area contributed by atoms with E-state index in [1.807, 2.05) is 85.2 Å². The molecule has 17 heteroatoms. The molecule has 0 atom stereocenters. The van der Waals surface area contributed by atoms with Crippen LogP contribution in [-0.4, -0.2) is 81.4 Å². The molecule has 0 unspecified atom stereocenters. The van der Waals surface area contributed by atoms with Crippen molar-refractivity contribution in [2.45, 2.75) is 0 Å². The molecule has 0 radical (unpaired) electrons. The highest BCUT2D eigenvalue weighted by molar-refractivity contribution is 6.23. The molecule has 0 saturated carbocycles. The predicted octanol–water partition coefficient (Wildman–Crippen LogP) is 30.6. The summed E-state index contributed by atoms with van der Waals surface area (Å²) >= 11 is 0. The Hall–Kier alpha value is -19.9. The Morgan fingerprint density at radius 2 is 0.472 bits per heavy atom. The lowest BCUT2D eigenvalue weighted by atomic mass is 10.0. The van der Waals surface area contributed by atoms with Gasteiger partial charge in [-0.2, -0.15) is 0 Å². The molecule has 13 heterocycles. The van der Waals surface area contributed by atoms with Gasteiger partial charge in [-0.25, -0.2) is 39.9 Å². The van der Waals surface area contributed by atoms with Gasteiger partial charge in [0, 0.05) is 170 Å². The van der Waals surface area contributed by atoms with Crippen molar-refractivity contribution in [3.63, 3.8) is 0 Å². The first-order chi connectivity index (χ1) is 71.5. The maximum absolute atomic E-state index is 5.34. The number of rotatable bonds is 10. The van der Waals surface area contributed by atoms with Crippen LogP contribution in [0, 0.1) is 0 Å². The minimum Gasteiger partial charge on any atom is -0.316 e. The van der Waals surface area contributed by atoms with Gasteiger partial charge < -0.3 is 18.3 Å². The Morgan fingerprint density at radius 3 is 0.875 bits per heavy atom. The van der Waals surface area contributed by atoms with Crippen molar-refractivity contribution in [2.75, 3.05) is 0 Å². The van der Waals surface area contributed by atoms with Gasteiger partial charge in [0.15, 0.2) is 0 Å². The van der Waals surface area contributed by atoms with Crippen LogP contribution in [0.3, 0.4) is 0 Å². The van der Waals surface area contributed by atoms with Crippen molar-refractivity contribution >= 4 is 185 Å². The first-order valence-electron chi connectivity index (χ1n) is 48.2. The van der Waals surface area contributed by atoms with E-state index < -0.39 is 0 Å². The third kappa shape index (κ3) is 13.7. The van der Waals surface area contributed by atoms with Gasteiger partial charge in [0.2, 0.25) is 23.8 Å². The highest BCUT2D eigenvalue weighted by Crippen LogP contribution is 2.45. The molecule has 17 nitrogen and oxygen atoms in total. The Morgan fingerprint density at radius 1 is 0.167 bits per heavy atom. The summed E-state index contributed by atoms with van der Waals surface area (Å²) in [6, 6.07) is 154. The second kappa shape index (κ2) is 34.1. The number of hydrogen-bond donors (Lipinski definition) is 0. The van der Waals surface area contributed by atoms with Crippen LogP contribution < -0.4 is 0 Å². The highest BCUT2D eigenvalue weighted by Gasteiger charge is 2.27. The zero-order valence-electron chi connectivity index (χ0n) is 77.4. The molecule has 31 rings (SSSR count). The van der Waals surface area contributed by atoms with Crippen LogP contribution >= 0.6 is 0 Å². The van der Waals surface area contributed by atoms with Gasteiger partial charge in [-0.3, -0.25) is 23.3 Å². The van der Waals surface area contributed by atoms with Crippen molar-refractivity contribution in [1.82, 2.24) is 81.4 Å². The van der Waals surface area contributed by atoms with Gasteiger partial charge in [-0.05, 0) is 162 Å². The van der Waals surface area contributed by atoms with E-state index in [2.05, 4.69) is 436 Å². The SMILES string of the molecule is c1ccc(-c2nc(-n3c4ccccc4c4ccc5c(ccn5-c5ccccc5)c43)nc3ccccc23)cc1.c1ccc(-n2ccc3c2ccc2c4ccccc4n(-c4nc(-c5ccc6ccccc6c5)c5ccccc5n4)c23)cc1.c1ccc(-n2ccc3c2ccc2c4ccccc4n(-c4ncc5ccccc5n4)c23)cc1.c1ccc(-n2ccc3c2ccc2c4ccccc4n(-c4ncc5cnccc5n4)c23)cc1. The molecule has 0 N–H and O–H groups in total. The second-order valence-electron chi connectivity index (χ2n) is 36.1. The van der Waals surface area contributed by atoms with Crippen molar-refractivity contribution in [1.29, 1.82) is 0 Å². The minimum absolute atomic E-state index is 0.662. The van der Waals surface area contributed by atoms with Gasteiger partial charge in [-0.15, -0.1) is 0 Å². The van der Waals surface area contributed by atoms with Crippen LogP contribution in [0.15, 0.2) is 492 Å². The number of benzene rings is 18. The third-order valence-corrected chi connectivity index (χ3v) is 28.0. The van der Waals surface area contributed by atoms with Gasteiger partial charge in [0.05, 0.1) is 99.7 Å². The topological polar surface area (TPSA) is 155 Å². The Bertz CT molecular complexity index is 10200. The van der Waals surface area contributed by atoms with E-state index in [0.29, 0.717) is 23.8 Å². The lowest BCUT2D eigenvalue weighted by molar-refractivity contribution is 1.01. The van der Waals surface area contributed by atoms with Crippen LogP contribution in [-0.2, 0) is 0 Å². The number of hydrogen-bond acceptors (Lipinski definition) is 9. The average molecular weight is 1850 g/mol. The fourth-order valence-electron chi connectivity index (χ4n) is 21.5. The summed E-state index contributed by atoms with van der Waals surface area (Å²) in [7, 11) is 0. The van der Waals surface area contributed by atoms with E-state index in [1.165, 1.54) is 70.0 Å². The molecule has 13 aromatic heterocycles. The summed E-state index contributed by atoms with van der Waals surface area (Å²) in [5, 5.41) is 20.7. The number of para-hydroxylation sites is 11. The van der Waals surface area contributed by atoms with E-state index in [9.17, 15) is 0 Å². The molecule has 31 aromatic rings. The van der Waals surface area contributed by atoms with Gasteiger partial charge >= 0.3 is 0 Å². The van der Waals surface area contributed by atoms with E-state index in [1.54, 1.807) is 12.4 Å². The largest absolute Gasteiger partial charge is 0.316 e. The quantitative estimate of drug-likeness (QED) is 0.130. The van der Waals surface area contributed by atoms with Gasteiger partial charge in [-0.1, -0.05) is 291 Å². The van der Waals surface area contributed by atoms with Crippen molar-refractivity contribution in [2.24, 2.45) is 0 Å². The number of fused-ring (bicyclic) bond motifs is 25.